The highest BCUT2D eigenvalue weighted by molar-refractivity contribution is 6.17. The zero-order valence-corrected chi connectivity index (χ0v) is 10.8. The van der Waals surface area contributed by atoms with Crippen molar-refractivity contribution >= 4 is 17.3 Å². The number of nitro groups is 1. The van der Waals surface area contributed by atoms with E-state index in [4.69, 9.17) is 21.1 Å². The van der Waals surface area contributed by atoms with Crippen molar-refractivity contribution in [2.45, 2.75) is 18.7 Å². The summed E-state index contributed by atoms with van der Waals surface area (Å²) >= 11 is 5.69. The SMILES string of the molecule is COc1cc(CCl)c([N+](=O)[O-])cc1OCC1CC1. The topological polar surface area (TPSA) is 61.6 Å². The molecule has 1 fully saturated rings. The Morgan fingerprint density at radius 2 is 2.17 bits per heavy atom. The first-order valence-electron chi connectivity index (χ1n) is 5.69. The van der Waals surface area contributed by atoms with Crippen molar-refractivity contribution in [1.82, 2.24) is 0 Å². The molecule has 0 unspecified atom stereocenters. The molecule has 1 aromatic carbocycles. The van der Waals surface area contributed by atoms with Crippen LogP contribution in [0.4, 0.5) is 5.69 Å². The van der Waals surface area contributed by atoms with Gasteiger partial charge in [0, 0.05) is 5.56 Å². The lowest BCUT2D eigenvalue weighted by molar-refractivity contribution is -0.385. The standard InChI is InChI=1S/C12H14ClNO4/c1-17-11-4-9(6-13)10(14(15)16)5-12(11)18-7-8-2-3-8/h4-5,8H,2-3,6-7H2,1H3. The summed E-state index contributed by atoms with van der Waals surface area (Å²) in [7, 11) is 1.50. The summed E-state index contributed by atoms with van der Waals surface area (Å²) in [6.07, 6.45) is 2.31. The van der Waals surface area contributed by atoms with E-state index in [2.05, 4.69) is 0 Å². The van der Waals surface area contributed by atoms with Crippen LogP contribution in [0.25, 0.3) is 0 Å². The van der Waals surface area contributed by atoms with Gasteiger partial charge >= 0.3 is 0 Å². The Labute approximate surface area is 110 Å². The smallest absolute Gasteiger partial charge is 0.277 e. The monoisotopic (exact) mass is 271 g/mol. The van der Waals surface area contributed by atoms with Gasteiger partial charge in [0.25, 0.3) is 5.69 Å². The number of halogens is 1. The number of benzene rings is 1. The second-order valence-electron chi connectivity index (χ2n) is 4.28. The van der Waals surface area contributed by atoms with E-state index in [9.17, 15) is 10.1 Å². The number of hydrogen-bond donors (Lipinski definition) is 0. The molecule has 1 aromatic rings. The maximum Gasteiger partial charge on any atom is 0.277 e. The van der Waals surface area contributed by atoms with E-state index in [0.717, 1.165) is 12.8 Å². The summed E-state index contributed by atoms with van der Waals surface area (Å²) < 4.78 is 10.7. The fourth-order valence-corrected chi connectivity index (χ4v) is 1.85. The van der Waals surface area contributed by atoms with Gasteiger partial charge in [-0.1, -0.05) is 0 Å². The first-order valence-corrected chi connectivity index (χ1v) is 6.23. The van der Waals surface area contributed by atoms with Gasteiger partial charge in [-0.15, -0.1) is 11.6 Å². The molecule has 0 bridgehead atoms. The zero-order chi connectivity index (χ0) is 13.1. The minimum Gasteiger partial charge on any atom is -0.493 e. The molecule has 1 aliphatic carbocycles. The molecule has 0 radical (unpaired) electrons. The Morgan fingerprint density at radius 1 is 1.44 bits per heavy atom. The Hall–Kier alpha value is -1.49. The second-order valence-corrected chi connectivity index (χ2v) is 4.54. The van der Waals surface area contributed by atoms with E-state index in [1.54, 1.807) is 6.07 Å². The van der Waals surface area contributed by atoms with Crippen molar-refractivity contribution in [1.29, 1.82) is 0 Å². The van der Waals surface area contributed by atoms with Gasteiger partial charge in [-0.05, 0) is 24.8 Å². The Balaban J connectivity index is 2.29. The molecule has 0 amide bonds. The molecule has 1 saturated carbocycles. The predicted molar refractivity (Wildman–Crippen MR) is 67.4 cm³/mol. The third-order valence-electron chi connectivity index (χ3n) is 2.88. The van der Waals surface area contributed by atoms with E-state index < -0.39 is 4.92 Å². The molecule has 0 heterocycles. The van der Waals surface area contributed by atoms with Crippen molar-refractivity contribution in [2.24, 2.45) is 5.92 Å². The molecule has 0 N–H and O–H groups in total. The minimum absolute atomic E-state index is 0.0309. The van der Waals surface area contributed by atoms with Crippen LogP contribution in [0.3, 0.4) is 0 Å². The zero-order valence-electron chi connectivity index (χ0n) is 10.0. The average Bonchev–Trinajstić information content (AvgIpc) is 3.19. The Kier molecular flexibility index (Phi) is 3.91. The highest BCUT2D eigenvalue weighted by atomic mass is 35.5. The van der Waals surface area contributed by atoms with Crippen LogP contribution in [0, 0.1) is 16.0 Å². The van der Waals surface area contributed by atoms with Crippen molar-refractivity contribution in [3.8, 4) is 11.5 Å². The number of ether oxygens (including phenoxy) is 2. The molecule has 5 nitrogen and oxygen atoms in total. The van der Waals surface area contributed by atoms with E-state index >= 15 is 0 Å². The van der Waals surface area contributed by atoms with Gasteiger partial charge in [0.2, 0.25) is 0 Å². The summed E-state index contributed by atoms with van der Waals surface area (Å²) in [4.78, 5) is 10.5. The van der Waals surface area contributed by atoms with Gasteiger partial charge in [0.15, 0.2) is 11.5 Å². The molecule has 0 aliphatic heterocycles. The number of methoxy groups -OCH3 is 1. The molecule has 98 valence electrons. The largest absolute Gasteiger partial charge is 0.493 e. The number of nitrogens with zero attached hydrogens (tertiary/aromatic N) is 1. The molecule has 0 aromatic heterocycles. The van der Waals surface area contributed by atoms with Gasteiger partial charge in [-0.3, -0.25) is 10.1 Å². The fraction of sp³-hybridized carbons (Fsp3) is 0.500. The quantitative estimate of drug-likeness (QED) is 0.453. The van der Waals surface area contributed by atoms with Crippen LogP contribution in [-0.4, -0.2) is 18.6 Å². The summed E-state index contributed by atoms with van der Waals surface area (Å²) in [6, 6.07) is 2.95. The molecule has 2 rings (SSSR count). The van der Waals surface area contributed by atoms with Gasteiger partial charge < -0.3 is 9.47 Å². The molecule has 0 spiro atoms. The normalized spacial score (nSPS) is 14.3. The van der Waals surface area contributed by atoms with Crippen LogP contribution in [0.2, 0.25) is 0 Å². The lowest BCUT2D eigenvalue weighted by atomic mass is 10.2. The van der Waals surface area contributed by atoms with Crippen LogP contribution >= 0.6 is 11.6 Å². The number of hydrogen-bond acceptors (Lipinski definition) is 4. The van der Waals surface area contributed by atoms with Crippen molar-refractivity contribution in [3.63, 3.8) is 0 Å². The summed E-state index contributed by atoms with van der Waals surface area (Å²) in [5.41, 5.74) is 0.397. The van der Waals surface area contributed by atoms with Crippen LogP contribution in [0.1, 0.15) is 18.4 Å². The van der Waals surface area contributed by atoms with E-state index in [1.165, 1.54) is 13.2 Å². The number of alkyl halides is 1. The highest BCUT2D eigenvalue weighted by Gasteiger charge is 2.24. The maximum absolute atomic E-state index is 10.9. The first kappa shape index (κ1) is 13.0. The second kappa shape index (κ2) is 5.44. The molecule has 0 atom stereocenters. The molecule has 0 saturated heterocycles. The predicted octanol–water partition coefficient (Wildman–Crippen LogP) is 3.13. The van der Waals surface area contributed by atoms with E-state index in [0.29, 0.717) is 29.6 Å². The van der Waals surface area contributed by atoms with Crippen LogP contribution in [0.5, 0.6) is 11.5 Å². The fourth-order valence-electron chi connectivity index (χ4n) is 1.63. The van der Waals surface area contributed by atoms with Crippen LogP contribution < -0.4 is 9.47 Å². The van der Waals surface area contributed by atoms with Crippen molar-refractivity contribution in [3.05, 3.63) is 27.8 Å². The van der Waals surface area contributed by atoms with Crippen LogP contribution in [-0.2, 0) is 5.88 Å². The average molecular weight is 272 g/mol. The van der Waals surface area contributed by atoms with Gasteiger partial charge in [0.1, 0.15) is 0 Å². The maximum atomic E-state index is 10.9. The lowest BCUT2D eigenvalue weighted by Crippen LogP contribution is -2.03. The number of nitro benzene ring substituents is 1. The van der Waals surface area contributed by atoms with E-state index in [1.807, 2.05) is 0 Å². The van der Waals surface area contributed by atoms with Gasteiger partial charge in [0.05, 0.1) is 30.6 Å². The van der Waals surface area contributed by atoms with Crippen LogP contribution in [0.15, 0.2) is 12.1 Å². The van der Waals surface area contributed by atoms with E-state index in [-0.39, 0.29) is 11.6 Å². The first-order chi connectivity index (χ1) is 8.65. The molecule has 6 heteroatoms. The molecule has 1 aliphatic rings. The van der Waals surface area contributed by atoms with Gasteiger partial charge in [-0.2, -0.15) is 0 Å². The van der Waals surface area contributed by atoms with Crippen molar-refractivity contribution < 1.29 is 14.4 Å². The Bertz CT molecular complexity index is 460. The summed E-state index contributed by atoms with van der Waals surface area (Å²) in [6.45, 7) is 0.577. The summed E-state index contributed by atoms with van der Waals surface area (Å²) in [5.74, 6) is 1.53. The highest BCUT2D eigenvalue weighted by Crippen LogP contribution is 2.37. The van der Waals surface area contributed by atoms with Crippen molar-refractivity contribution in [2.75, 3.05) is 13.7 Å². The Morgan fingerprint density at radius 3 is 2.67 bits per heavy atom. The number of rotatable bonds is 6. The molecular formula is C12H14ClNO4. The lowest BCUT2D eigenvalue weighted by Gasteiger charge is -2.11. The summed E-state index contributed by atoms with van der Waals surface area (Å²) in [5, 5.41) is 10.9. The third kappa shape index (κ3) is 2.85. The minimum atomic E-state index is -0.457. The van der Waals surface area contributed by atoms with Gasteiger partial charge in [-0.25, -0.2) is 0 Å². The molecule has 18 heavy (non-hydrogen) atoms. The third-order valence-corrected chi connectivity index (χ3v) is 3.16. The molecular weight excluding hydrogens is 258 g/mol.